The highest BCUT2D eigenvalue weighted by atomic mass is 16.2. The van der Waals surface area contributed by atoms with E-state index in [0.29, 0.717) is 12.3 Å². The number of aromatic nitrogens is 1. The maximum absolute atomic E-state index is 13.4. The lowest BCUT2D eigenvalue weighted by Gasteiger charge is -2.24. The van der Waals surface area contributed by atoms with Crippen molar-refractivity contribution in [3.63, 3.8) is 0 Å². The summed E-state index contributed by atoms with van der Waals surface area (Å²) in [6.45, 7) is 2.73. The number of nitrogens with one attached hydrogen (secondary N) is 1. The third-order valence-electron chi connectivity index (χ3n) is 7.90. The van der Waals surface area contributed by atoms with Gasteiger partial charge >= 0.3 is 0 Å². The molecule has 4 nitrogen and oxygen atoms in total. The Bertz CT molecular complexity index is 1070. The number of carbonyl (C=O) groups excluding carboxylic acids is 1. The molecule has 194 valence electrons. The summed E-state index contributed by atoms with van der Waals surface area (Å²) in [5, 5.41) is 1.32. The lowest BCUT2D eigenvalue weighted by Crippen LogP contribution is -2.34. The molecule has 3 aromatic rings. The van der Waals surface area contributed by atoms with Crippen molar-refractivity contribution in [2.24, 2.45) is 5.92 Å². The van der Waals surface area contributed by atoms with Crippen LogP contribution in [0.5, 0.6) is 0 Å². The summed E-state index contributed by atoms with van der Waals surface area (Å²) in [7, 11) is 4.27. The molecule has 1 amide bonds. The first-order chi connectivity index (χ1) is 17.6. The van der Waals surface area contributed by atoms with Crippen molar-refractivity contribution in [3.05, 3.63) is 71.4 Å². The van der Waals surface area contributed by atoms with Gasteiger partial charge in [0.05, 0.1) is 0 Å². The smallest absolute Gasteiger partial charge is 0.222 e. The summed E-state index contributed by atoms with van der Waals surface area (Å²) in [5.41, 5.74) is 5.33. The van der Waals surface area contributed by atoms with Crippen LogP contribution in [0.15, 0.2) is 54.6 Å². The molecule has 1 saturated carbocycles. The van der Waals surface area contributed by atoms with Gasteiger partial charge in [0.2, 0.25) is 5.91 Å². The van der Waals surface area contributed by atoms with Crippen molar-refractivity contribution < 1.29 is 4.79 Å². The van der Waals surface area contributed by atoms with Gasteiger partial charge in [0.15, 0.2) is 0 Å². The quantitative estimate of drug-likeness (QED) is 0.277. The van der Waals surface area contributed by atoms with Crippen LogP contribution >= 0.6 is 0 Å². The van der Waals surface area contributed by atoms with Gasteiger partial charge in [0.25, 0.3) is 0 Å². The number of benzene rings is 2. The Morgan fingerprint density at radius 1 is 0.861 bits per heavy atom. The Kier molecular flexibility index (Phi) is 10.0. The van der Waals surface area contributed by atoms with Crippen molar-refractivity contribution in [1.29, 1.82) is 0 Å². The van der Waals surface area contributed by atoms with Crippen LogP contribution in [0.3, 0.4) is 0 Å². The van der Waals surface area contributed by atoms with E-state index >= 15 is 0 Å². The molecule has 0 spiro atoms. The van der Waals surface area contributed by atoms with Crippen molar-refractivity contribution >= 4 is 16.8 Å². The molecule has 0 saturated heterocycles. The Labute approximate surface area is 218 Å². The maximum atomic E-state index is 13.4. The van der Waals surface area contributed by atoms with E-state index in [4.69, 9.17) is 0 Å². The fourth-order valence-electron chi connectivity index (χ4n) is 5.84. The fraction of sp³-hybridized carbons (Fsp3) is 0.531. The predicted molar refractivity (Wildman–Crippen MR) is 151 cm³/mol. The summed E-state index contributed by atoms with van der Waals surface area (Å²) in [6, 6.07) is 19.3. The molecular formula is C32H45N3O. The topological polar surface area (TPSA) is 39.3 Å². The number of amides is 1. The average molecular weight is 488 g/mol. The molecule has 0 aliphatic heterocycles. The van der Waals surface area contributed by atoms with Crippen molar-refractivity contribution in [3.8, 4) is 0 Å². The summed E-state index contributed by atoms with van der Waals surface area (Å²) >= 11 is 0. The minimum atomic E-state index is 0.351. The number of aryl methyl sites for hydroxylation is 2. The second kappa shape index (κ2) is 13.6. The summed E-state index contributed by atoms with van der Waals surface area (Å²) in [5.74, 6) is 1.11. The van der Waals surface area contributed by atoms with E-state index in [1.165, 1.54) is 53.4 Å². The molecular weight excluding hydrogens is 442 g/mol. The Morgan fingerprint density at radius 2 is 1.58 bits per heavy atom. The van der Waals surface area contributed by atoms with Crippen LogP contribution in [0.25, 0.3) is 10.9 Å². The van der Waals surface area contributed by atoms with Gasteiger partial charge in [-0.15, -0.1) is 0 Å². The fourth-order valence-corrected chi connectivity index (χ4v) is 5.84. The van der Waals surface area contributed by atoms with Gasteiger partial charge in [-0.25, -0.2) is 0 Å². The number of nitrogens with zero attached hydrogens (tertiary/aromatic N) is 2. The maximum Gasteiger partial charge on any atom is 0.222 e. The van der Waals surface area contributed by atoms with Gasteiger partial charge < -0.3 is 14.8 Å². The summed E-state index contributed by atoms with van der Waals surface area (Å²) < 4.78 is 0. The van der Waals surface area contributed by atoms with Crippen LogP contribution in [0.1, 0.15) is 68.2 Å². The molecule has 1 fully saturated rings. The molecule has 1 aliphatic carbocycles. The zero-order chi connectivity index (χ0) is 25.2. The first-order valence-corrected chi connectivity index (χ1v) is 14.1. The molecule has 1 heterocycles. The van der Waals surface area contributed by atoms with Crippen LogP contribution in [0, 0.1) is 5.92 Å². The summed E-state index contributed by atoms with van der Waals surface area (Å²) in [6.07, 6.45) is 12.2. The number of fused-ring (bicyclic) bond motifs is 1. The Balaban J connectivity index is 1.42. The zero-order valence-electron chi connectivity index (χ0n) is 22.5. The van der Waals surface area contributed by atoms with Crippen LogP contribution in [-0.4, -0.2) is 54.4 Å². The van der Waals surface area contributed by atoms with E-state index in [1.807, 2.05) is 0 Å². The molecule has 0 atom stereocenters. The lowest BCUT2D eigenvalue weighted by atomic mass is 10.0. The van der Waals surface area contributed by atoms with Crippen LogP contribution in [0.2, 0.25) is 0 Å². The van der Waals surface area contributed by atoms with E-state index in [0.717, 1.165) is 64.1 Å². The molecule has 4 rings (SSSR count). The van der Waals surface area contributed by atoms with E-state index in [1.54, 1.807) is 0 Å². The Morgan fingerprint density at radius 3 is 2.36 bits per heavy atom. The third-order valence-corrected chi connectivity index (χ3v) is 7.90. The van der Waals surface area contributed by atoms with Gasteiger partial charge in [-0.05, 0) is 82.3 Å². The molecule has 0 radical (unpaired) electrons. The number of carbonyl (C=O) groups is 1. The second-order valence-electron chi connectivity index (χ2n) is 10.9. The van der Waals surface area contributed by atoms with Crippen LogP contribution in [-0.2, 0) is 24.1 Å². The normalized spacial score (nSPS) is 14.2. The largest absolute Gasteiger partial charge is 0.358 e. The van der Waals surface area contributed by atoms with E-state index < -0.39 is 0 Å². The standard InChI is InChI=1S/C32H45N3O/c1-34(2)23-11-19-31-29(28-17-8-9-18-30(28)33-31)22-25-35(24-10-16-26-12-4-3-5-13-26)32(36)21-20-27-14-6-7-15-27/h3-5,8-9,12-13,17-18,27,33H,6-7,10-11,14-16,19-25H2,1-2H3. The second-order valence-corrected chi connectivity index (χ2v) is 10.9. The van der Waals surface area contributed by atoms with Crippen LogP contribution < -0.4 is 0 Å². The SMILES string of the molecule is CN(C)CCCc1[nH]c2ccccc2c1CCN(CCCc1ccccc1)C(=O)CCC1CCCC1. The molecule has 1 N–H and O–H groups in total. The highest BCUT2D eigenvalue weighted by molar-refractivity contribution is 5.84. The molecule has 4 heteroatoms. The van der Waals surface area contributed by atoms with Gasteiger partial charge in [-0.2, -0.15) is 0 Å². The minimum Gasteiger partial charge on any atom is -0.358 e. The van der Waals surface area contributed by atoms with Crippen molar-refractivity contribution in [2.45, 2.75) is 70.6 Å². The number of hydrogen-bond donors (Lipinski definition) is 1. The Hall–Kier alpha value is -2.59. The summed E-state index contributed by atoms with van der Waals surface area (Å²) in [4.78, 5) is 21.5. The van der Waals surface area contributed by atoms with Crippen molar-refractivity contribution in [1.82, 2.24) is 14.8 Å². The van der Waals surface area contributed by atoms with Gasteiger partial charge in [-0.1, -0.05) is 74.2 Å². The number of aromatic amines is 1. The zero-order valence-corrected chi connectivity index (χ0v) is 22.5. The van der Waals surface area contributed by atoms with Crippen LogP contribution in [0.4, 0.5) is 0 Å². The lowest BCUT2D eigenvalue weighted by molar-refractivity contribution is -0.131. The average Bonchev–Trinajstić information content (AvgIpc) is 3.53. The predicted octanol–water partition coefficient (Wildman–Crippen LogP) is 6.64. The molecule has 36 heavy (non-hydrogen) atoms. The number of hydrogen-bond acceptors (Lipinski definition) is 2. The molecule has 2 aromatic carbocycles. The molecule has 0 unspecified atom stereocenters. The molecule has 1 aliphatic rings. The van der Waals surface area contributed by atoms with Gasteiger partial charge in [0, 0.05) is 36.1 Å². The van der Waals surface area contributed by atoms with Crippen molar-refractivity contribution in [2.75, 3.05) is 33.7 Å². The number of H-pyrrole nitrogens is 1. The first-order valence-electron chi connectivity index (χ1n) is 14.1. The number of rotatable bonds is 14. The van der Waals surface area contributed by atoms with E-state index in [-0.39, 0.29) is 0 Å². The highest BCUT2D eigenvalue weighted by Gasteiger charge is 2.20. The van der Waals surface area contributed by atoms with Gasteiger partial charge in [0.1, 0.15) is 0 Å². The molecule has 1 aromatic heterocycles. The van der Waals surface area contributed by atoms with E-state index in [2.05, 4.69) is 83.5 Å². The van der Waals surface area contributed by atoms with E-state index in [9.17, 15) is 4.79 Å². The van der Waals surface area contributed by atoms with Gasteiger partial charge in [-0.3, -0.25) is 4.79 Å². The first kappa shape index (κ1) is 26.5. The molecule has 0 bridgehead atoms. The minimum absolute atomic E-state index is 0.351. The third kappa shape index (κ3) is 7.70. The monoisotopic (exact) mass is 487 g/mol. The number of para-hydroxylation sites is 1. The highest BCUT2D eigenvalue weighted by Crippen LogP contribution is 2.29.